The highest BCUT2D eigenvalue weighted by Crippen LogP contribution is 2.73. The van der Waals surface area contributed by atoms with E-state index in [1.54, 1.807) is 0 Å². The van der Waals surface area contributed by atoms with Gasteiger partial charge in [-0.05, 0) is 79.1 Å². The van der Waals surface area contributed by atoms with Crippen LogP contribution in [0.2, 0.25) is 0 Å². The van der Waals surface area contributed by atoms with Crippen molar-refractivity contribution in [3.63, 3.8) is 0 Å². The molecule has 0 amide bonds. The van der Waals surface area contributed by atoms with Crippen LogP contribution in [0, 0.1) is 56.2 Å². The van der Waals surface area contributed by atoms with Crippen LogP contribution in [0.1, 0.15) is 93.4 Å². The lowest BCUT2D eigenvalue weighted by atomic mass is 9.35. The van der Waals surface area contributed by atoms with Gasteiger partial charge < -0.3 is 0 Å². The zero-order chi connectivity index (χ0) is 26.5. The molecule has 0 N–H and O–H groups in total. The van der Waals surface area contributed by atoms with Crippen molar-refractivity contribution in [2.75, 3.05) is 0 Å². The van der Waals surface area contributed by atoms with Gasteiger partial charge in [-0.2, -0.15) is 10.3 Å². The molecule has 0 unspecified atom stereocenters. The first-order valence-electron chi connectivity index (χ1n) is 13.7. The van der Waals surface area contributed by atoms with E-state index in [2.05, 4.69) is 45.7 Å². The van der Waals surface area contributed by atoms with Crippen LogP contribution in [0.3, 0.4) is 0 Å². The Morgan fingerprint density at radius 2 is 1.64 bits per heavy atom. The second kappa shape index (κ2) is 7.38. The molecule has 7 atom stereocenters. The van der Waals surface area contributed by atoms with Gasteiger partial charge in [-0.1, -0.05) is 60.1 Å². The summed E-state index contributed by atoms with van der Waals surface area (Å²) in [6.07, 6.45) is 11.8. The standard InChI is InChI=1S/C31H40N2O3/c1-26(2)10-12-31(33-18-34)13-11-30(7)24(20(31)16-26)21(35)14-23-28(5)15-19(17-32)25(36)27(3,4)22(28)8-9-29(23,30)6/h14-15,20,22,24H,8-13,16H2,1-7H3/t20-,22-,24-,28-,29+,30+,31-/m0/s1. The summed E-state index contributed by atoms with van der Waals surface area (Å²) < 4.78 is 0. The number of nitrogens with zero attached hydrogens (tertiary/aromatic N) is 2. The van der Waals surface area contributed by atoms with Gasteiger partial charge in [0.25, 0.3) is 0 Å². The predicted molar refractivity (Wildman–Crippen MR) is 137 cm³/mol. The molecule has 0 radical (unpaired) electrons. The van der Waals surface area contributed by atoms with Gasteiger partial charge in [0, 0.05) is 16.7 Å². The third kappa shape index (κ3) is 2.94. The van der Waals surface area contributed by atoms with Crippen LogP contribution in [-0.4, -0.2) is 23.2 Å². The maximum Gasteiger partial charge on any atom is 0.235 e. The molecule has 5 nitrogen and oxygen atoms in total. The molecule has 0 aromatic heterocycles. The van der Waals surface area contributed by atoms with E-state index in [0.717, 1.165) is 50.5 Å². The molecule has 0 aromatic rings. The fourth-order valence-electron chi connectivity index (χ4n) is 9.89. The number of fused-ring (bicyclic) bond motifs is 7. The van der Waals surface area contributed by atoms with E-state index in [9.17, 15) is 19.6 Å². The highest BCUT2D eigenvalue weighted by atomic mass is 16.1. The van der Waals surface area contributed by atoms with Crippen LogP contribution < -0.4 is 0 Å². The number of hydrogen-bond acceptors (Lipinski definition) is 5. The van der Waals surface area contributed by atoms with Gasteiger partial charge >= 0.3 is 0 Å². The van der Waals surface area contributed by atoms with Crippen LogP contribution in [0.15, 0.2) is 28.3 Å². The van der Waals surface area contributed by atoms with Crippen molar-refractivity contribution in [1.82, 2.24) is 0 Å². The number of isocyanates is 1. The van der Waals surface area contributed by atoms with Gasteiger partial charge in [0.05, 0.1) is 11.1 Å². The number of Topliss-reactive ketones (excluding diaryl/α,β-unsaturated/α-hetero) is 1. The number of nitriles is 1. The second-order valence-electron chi connectivity index (χ2n) is 14.6. The highest BCUT2D eigenvalue weighted by Gasteiger charge is 2.70. The summed E-state index contributed by atoms with van der Waals surface area (Å²) in [6.45, 7) is 15.3. The Balaban J connectivity index is 1.71. The number of allylic oxidation sites excluding steroid dienone is 4. The summed E-state index contributed by atoms with van der Waals surface area (Å²) in [5, 5.41) is 9.84. The number of hydrogen-bond donors (Lipinski definition) is 0. The Morgan fingerprint density at radius 3 is 2.28 bits per heavy atom. The Kier molecular flexibility index (Phi) is 5.20. The Morgan fingerprint density at radius 1 is 0.972 bits per heavy atom. The first-order valence-corrected chi connectivity index (χ1v) is 13.7. The zero-order valence-corrected chi connectivity index (χ0v) is 23.0. The molecular weight excluding hydrogens is 448 g/mol. The fourth-order valence-corrected chi connectivity index (χ4v) is 9.89. The van der Waals surface area contributed by atoms with E-state index in [1.165, 1.54) is 0 Å². The lowest BCUT2D eigenvalue weighted by molar-refractivity contribution is -0.158. The summed E-state index contributed by atoms with van der Waals surface area (Å²) >= 11 is 0. The normalized spacial score (nSPS) is 46.4. The molecule has 0 spiro atoms. The molecule has 5 heteroatoms. The van der Waals surface area contributed by atoms with Crippen molar-refractivity contribution in [2.24, 2.45) is 49.8 Å². The van der Waals surface area contributed by atoms with E-state index < -0.39 is 16.4 Å². The van der Waals surface area contributed by atoms with Crippen LogP contribution in [0.4, 0.5) is 0 Å². The van der Waals surface area contributed by atoms with Crippen molar-refractivity contribution in [2.45, 2.75) is 99.0 Å². The lowest BCUT2D eigenvalue weighted by Gasteiger charge is -2.68. The molecule has 3 fully saturated rings. The van der Waals surface area contributed by atoms with Crippen molar-refractivity contribution in [3.8, 4) is 6.07 Å². The molecule has 0 aromatic carbocycles. The topological polar surface area (TPSA) is 87.4 Å². The summed E-state index contributed by atoms with van der Waals surface area (Å²) in [4.78, 5) is 43.5. The van der Waals surface area contributed by atoms with Gasteiger partial charge in [-0.15, -0.1) is 0 Å². The molecule has 5 rings (SSSR count). The number of aliphatic imine (C=N–C) groups is 1. The van der Waals surface area contributed by atoms with Crippen molar-refractivity contribution in [3.05, 3.63) is 23.3 Å². The Labute approximate surface area is 215 Å². The van der Waals surface area contributed by atoms with Crippen LogP contribution in [-0.2, 0) is 14.4 Å². The van der Waals surface area contributed by atoms with Gasteiger partial charge in [-0.3, -0.25) is 9.59 Å². The second-order valence-corrected chi connectivity index (χ2v) is 14.6. The van der Waals surface area contributed by atoms with E-state index >= 15 is 0 Å². The van der Waals surface area contributed by atoms with E-state index in [0.29, 0.717) is 0 Å². The minimum atomic E-state index is -0.661. The molecule has 5 aliphatic rings. The monoisotopic (exact) mass is 488 g/mol. The molecule has 0 bridgehead atoms. The van der Waals surface area contributed by atoms with E-state index in [-0.39, 0.29) is 51.1 Å². The number of carbonyl (C=O) groups is 2. The number of carbonyl (C=O) groups excluding carboxylic acids is 3. The average Bonchev–Trinajstić information content (AvgIpc) is 2.79. The fraction of sp³-hybridized carbons (Fsp3) is 0.742. The minimum absolute atomic E-state index is 0.0173. The molecule has 0 saturated heterocycles. The summed E-state index contributed by atoms with van der Waals surface area (Å²) in [5.74, 6) is -0.0844. The SMILES string of the molecule is CC1(C)CC[C@]2(N=C=O)CC[C@]3(C)[C@H](C(=O)C=C4[C@@]5(C)C=C(C#N)C(=O)C(C)(C)[C@@H]5CC[C@]43C)[C@@H]2C1. The van der Waals surface area contributed by atoms with Crippen molar-refractivity contribution < 1.29 is 14.4 Å². The largest absolute Gasteiger partial charge is 0.295 e. The van der Waals surface area contributed by atoms with Gasteiger partial charge in [0.15, 0.2) is 11.6 Å². The van der Waals surface area contributed by atoms with Crippen LogP contribution in [0.5, 0.6) is 0 Å². The third-order valence-corrected chi connectivity index (χ3v) is 12.1. The summed E-state index contributed by atoms with van der Waals surface area (Å²) in [5.41, 5.74) is -0.793. The lowest BCUT2D eigenvalue weighted by Crippen LogP contribution is -2.66. The first-order chi connectivity index (χ1) is 16.6. The molecular formula is C31H40N2O3. The van der Waals surface area contributed by atoms with Crippen molar-refractivity contribution >= 4 is 17.6 Å². The Bertz CT molecular complexity index is 1210. The summed E-state index contributed by atoms with van der Waals surface area (Å²) in [7, 11) is 0. The quantitative estimate of drug-likeness (QED) is 0.320. The van der Waals surface area contributed by atoms with Gasteiger partial charge in [-0.25, -0.2) is 4.79 Å². The molecule has 3 saturated carbocycles. The highest BCUT2D eigenvalue weighted by molar-refractivity contribution is 6.04. The van der Waals surface area contributed by atoms with Crippen molar-refractivity contribution in [1.29, 1.82) is 5.26 Å². The third-order valence-electron chi connectivity index (χ3n) is 12.1. The number of ketones is 2. The van der Waals surface area contributed by atoms with E-state index in [4.69, 9.17) is 0 Å². The smallest absolute Gasteiger partial charge is 0.235 e. The van der Waals surface area contributed by atoms with Crippen LogP contribution >= 0.6 is 0 Å². The summed E-state index contributed by atoms with van der Waals surface area (Å²) in [6, 6.07) is 2.17. The molecule has 36 heavy (non-hydrogen) atoms. The first kappa shape index (κ1) is 25.3. The molecule has 0 heterocycles. The Hall–Kier alpha value is -2.31. The van der Waals surface area contributed by atoms with Crippen LogP contribution in [0.25, 0.3) is 0 Å². The molecule has 192 valence electrons. The van der Waals surface area contributed by atoms with E-state index in [1.807, 2.05) is 32.1 Å². The molecule has 0 aliphatic heterocycles. The molecule has 5 aliphatic carbocycles. The van der Waals surface area contributed by atoms with Gasteiger partial charge in [0.1, 0.15) is 6.07 Å². The minimum Gasteiger partial charge on any atom is -0.295 e. The number of rotatable bonds is 1. The average molecular weight is 489 g/mol. The maximum atomic E-state index is 14.3. The maximum absolute atomic E-state index is 14.3. The van der Waals surface area contributed by atoms with Gasteiger partial charge in [0.2, 0.25) is 6.08 Å². The predicted octanol–water partition coefficient (Wildman–Crippen LogP) is 6.29. The zero-order valence-electron chi connectivity index (χ0n) is 23.0.